The van der Waals surface area contributed by atoms with E-state index >= 15 is 9.59 Å². The standard InChI is InChI=1S/C60H57N3O8/c64-45-21-19-36(20-22-45)26-50(55(65)62-44-28-42(58(68)70-33-37-11-3-1-4-12-37)27-43(29-44)59(69)71-34-38-13-5-2-6-14-38)63-57(67)54-52-48-17-9-7-15-46(48)51(47-16-8-10-18-49(47)52)53(54)56(66)61-35-60-30-39-23-40(31-60)25-41(24-39)32-60/h1-22,27-29,39-41,50-54,64H,23-26,30-35H2,(H,61,66)(H,62,65)(H,63,67)/t39?,40?,41?,50-,51?,52?,53-,54+,60?/m0/s1. The molecule has 11 nitrogen and oxygen atoms in total. The average Bonchev–Trinajstić information content (AvgIpc) is 3.39. The number of benzene rings is 6. The third-order valence-corrected chi connectivity index (χ3v) is 16.0. The number of esters is 2. The first-order valence-electron chi connectivity index (χ1n) is 25.0. The fourth-order valence-electron chi connectivity index (χ4n) is 13.3. The van der Waals surface area contributed by atoms with Crippen LogP contribution in [0.4, 0.5) is 5.69 Å². The number of phenolic OH excluding ortho intramolecular Hbond substituents is 1. The first-order valence-corrected chi connectivity index (χ1v) is 25.0. The van der Waals surface area contributed by atoms with Crippen molar-refractivity contribution in [2.24, 2.45) is 35.0 Å². The molecule has 4 fully saturated rings. The lowest BCUT2D eigenvalue weighted by molar-refractivity contribution is -0.139. The number of amides is 3. The molecule has 0 aliphatic heterocycles. The van der Waals surface area contributed by atoms with Crippen LogP contribution in [-0.4, -0.2) is 47.4 Å². The number of fused-ring (bicyclic) bond motifs is 1. The second-order valence-corrected chi connectivity index (χ2v) is 20.7. The van der Waals surface area contributed by atoms with Crippen LogP contribution in [0.3, 0.4) is 0 Å². The first kappa shape index (κ1) is 45.9. The van der Waals surface area contributed by atoms with Crippen molar-refractivity contribution >= 4 is 35.3 Å². The number of carbonyl (C=O) groups is 5. The Bertz CT molecular complexity index is 2840. The van der Waals surface area contributed by atoms with Gasteiger partial charge < -0.3 is 30.5 Å². The molecule has 6 aromatic rings. The van der Waals surface area contributed by atoms with Gasteiger partial charge in [-0.15, -0.1) is 0 Å². The van der Waals surface area contributed by atoms with Crippen molar-refractivity contribution in [3.8, 4) is 5.75 Å². The molecule has 13 rings (SSSR count). The summed E-state index contributed by atoms with van der Waals surface area (Å²) >= 11 is 0. The minimum atomic E-state index is -1.21. The molecule has 0 unspecified atom stereocenters. The third-order valence-electron chi connectivity index (χ3n) is 16.0. The fourth-order valence-corrected chi connectivity index (χ4v) is 13.3. The van der Waals surface area contributed by atoms with Crippen molar-refractivity contribution in [2.75, 3.05) is 11.9 Å². The van der Waals surface area contributed by atoms with Crippen molar-refractivity contribution in [3.05, 3.63) is 202 Å². The van der Waals surface area contributed by atoms with Gasteiger partial charge in [0.1, 0.15) is 25.0 Å². The Morgan fingerprint density at radius 3 is 1.48 bits per heavy atom. The number of hydrogen-bond donors (Lipinski definition) is 4. The molecule has 4 saturated carbocycles. The van der Waals surface area contributed by atoms with Gasteiger partial charge in [-0.25, -0.2) is 9.59 Å². The van der Waals surface area contributed by atoms with E-state index in [1.165, 1.54) is 49.6 Å². The first-order chi connectivity index (χ1) is 34.6. The molecule has 11 heteroatoms. The molecule has 0 aromatic heterocycles. The van der Waals surface area contributed by atoms with Gasteiger partial charge in [-0.3, -0.25) is 14.4 Å². The molecule has 6 bridgehead atoms. The zero-order valence-electron chi connectivity index (χ0n) is 39.4. The summed E-state index contributed by atoms with van der Waals surface area (Å²) in [7, 11) is 0. The Balaban J connectivity index is 0.906. The topological polar surface area (TPSA) is 160 Å². The molecule has 3 amide bonds. The number of hydrogen-bond acceptors (Lipinski definition) is 8. The second-order valence-electron chi connectivity index (χ2n) is 20.7. The molecule has 7 aliphatic carbocycles. The van der Waals surface area contributed by atoms with E-state index < -0.39 is 53.5 Å². The molecule has 0 radical (unpaired) electrons. The molecule has 3 atom stereocenters. The van der Waals surface area contributed by atoms with Gasteiger partial charge in [0, 0.05) is 30.5 Å². The van der Waals surface area contributed by atoms with E-state index in [-0.39, 0.29) is 53.5 Å². The number of anilines is 1. The van der Waals surface area contributed by atoms with E-state index in [1.54, 1.807) is 12.1 Å². The highest BCUT2D eigenvalue weighted by Gasteiger charge is 2.56. The third kappa shape index (κ3) is 9.45. The zero-order chi connectivity index (χ0) is 48.6. The Morgan fingerprint density at radius 1 is 0.549 bits per heavy atom. The maximum Gasteiger partial charge on any atom is 0.338 e. The molecular weight excluding hydrogens is 891 g/mol. The van der Waals surface area contributed by atoms with Crippen LogP contribution in [0.2, 0.25) is 0 Å². The highest BCUT2D eigenvalue weighted by molar-refractivity contribution is 6.02. The minimum absolute atomic E-state index is 0.00229. The van der Waals surface area contributed by atoms with E-state index in [1.807, 2.05) is 97.1 Å². The Morgan fingerprint density at radius 2 is 1.00 bits per heavy atom. The van der Waals surface area contributed by atoms with Crippen LogP contribution in [-0.2, 0) is 43.5 Å². The predicted molar refractivity (Wildman–Crippen MR) is 267 cm³/mol. The van der Waals surface area contributed by atoms with Crippen LogP contribution >= 0.6 is 0 Å². The second kappa shape index (κ2) is 19.3. The van der Waals surface area contributed by atoms with Crippen LogP contribution in [0.5, 0.6) is 5.75 Å². The van der Waals surface area contributed by atoms with E-state index in [0.29, 0.717) is 29.9 Å². The monoisotopic (exact) mass is 947 g/mol. The summed E-state index contributed by atoms with van der Waals surface area (Å²) in [6.07, 6.45) is 7.30. The van der Waals surface area contributed by atoms with Crippen LogP contribution in [0, 0.1) is 35.0 Å². The number of rotatable bonds is 15. The molecule has 360 valence electrons. The van der Waals surface area contributed by atoms with Gasteiger partial charge in [-0.05, 0) is 131 Å². The normalized spacial score (nSPS) is 24.4. The molecule has 0 spiro atoms. The highest BCUT2D eigenvalue weighted by Crippen LogP contribution is 2.61. The Labute approximate surface area is 413 Å². The lowest BCUT2D eigenvalue weighted by atomic mass is 9.49. The van der Waals surface area contributed by atoms with Crippen molar-refractivity contribution in [2.45, 2.75) is 76.0 Å². The molecule has 6 aromatic carbocycles. The maximum atomic E-state index is 15.5. The molecule has 71 heavy (non-hydrogen) atoms. The van der Waals surface area contributed by atoms with Gasteiger partial charge in [0.25, 0.3) is 0 Å². The van der Waals surface area contributed by atoms with E-state index in [0.717, 1.165) is 52.6 Å². The quantitative estimate of drug-likeness (QED) is 0.0741. The van der Waals surface area contributed by atoms with Crippen LogP contribution < -0.4 is 16.0 Å². The predicted octanol–water partition coefficient (Wildman–Crippen LogP) is 9.63. The van der Waals surface area contributed by atoms with Gasteiger partial charge >= 0.3 is 11.9 Å². The largest absolute Gasteiger partial charge is 0.508 e. The van der Waals surface area contributed by atoms with Crippen molar-refractivity contribution in [1.82, 2.24) is 10.6 Å². The summed E-state index contributed by atoms with van der Waals surface area (Å²) in [5, 5.41) is 19.7. The van der Waals surface area contributed by atoms with Crippen LogP contribution in [0.15, 0.2) is 152 Å². The smallest absolute Gasteiger partial charge is 0.338 e. The highest BCUT2D eigenvalue weighted by atomic mass is 16.5. The van der Waals surface area contributed by atoms with Gasteiger partial charge in [-0.2, -0.15) is 0 Å². The fraction of sp³-hybridized carbons (Fsp3) is 0.317. The summed E-state index contributed by atoms with van der Waals surface area (Å²) in [6.45, 7) is 0.543. The lowest BCUT2D eigenvalue weighted by Crippen LogP contribution is -2.57. The van der Waals surface area contributed by atoms with Gasteiger partial charge in [-0.1, -0.05) is 121 Å². The number of carbonyl (C=O) groups excluding carboxylic acids is 5. The van der Waals surface area contributed by atoms with Crippen LogP contribution in [0.25, 0.3) is 0 Å². The van der Waals surface area contributed by atoms with Crippen molar-refractivity contribution < 1.29 is 38.6 Å². The molecule has 0 saturated heterocycles. The SMILES string of the molecule is O=C(OCc1ccccc1)c1cc(NC(=O)[C@H](Cc2ccc(O)cc2)NC(=O)[C@@H]2C3c4ccccc4C(c4ccccc43)[C@@H]2C(=O)NCC23CC4CC(CC(C4)C2)C3)cc(C(=O)OCc2ccccc2)c1. The summed E-state index contributed by atoms with van der Waals surface area (Å²) in [5.41, 5.74) is 6.41. The summed E-state index contributed by atoms with van der Waals surface area (Å²) in [4.78, 5) is 72.9. The number of phenols is 1. The van der Waals surface area contributed by atoms with Gasteiger partial charge in [0.15, 0.2) is 0 Å². The number of nitrogens with one attached hydrogen (secondary N) is 3. The Kier molecular flexibility index (Phi) is 12.5. The van der Waals surface area contributed by atoms with Gasteiger partial charge in [0.2, 0.25) is 17.7 Å². The summed E-state index contributed by atoms with van der Waals surface area (Å²) in [5.74, 6) is -2.98. The zero-order valence-corrected chi connectivity index (χ0v) is 39.4. The van der Waals surface area contributed by atoms with E-state index in [9.17, 15) is 19.5 Å². The lowest BCUT2D eigenvalue weighted by Gasteiger charge is -2.57. The molecular formula is C60H57N3O8. The minimum Gasteiger partial charge on any atom is -0.508 e. The number of aromatic hydroxyl groups is 1. The average molecular weight is 948 g/mol. The summed E-state index contributed by atoms with van der Waals surface area (Å²) in [6, 6.07) is 44.0. The van der Waals surface area contributed by atoms with Crippen LogP contribution in [0.1, 0.15) is 110 Å². The van der Waals surface area contributed by atoms with E-state index in [4.69, 9.17) is 9.47 Å². The summed E-state index contributed by atoms with van der Waals surface area (Å²) < 4.78 is 11.3. The van der Waals surface area contributed by atoms with Crippen molar-refractivity contribution in [1.29, 1.82) is 0 Å². The molecule has 7 aliphatic rings. The van der Waals surface area contributed by atoms with E-state index in [2.05, 4.69) is 28.1 Å². The van der Waals surface area contributed by atoms with Gasteiger partial charge in [0.05, 0.1) is 23.0 Å². The molecule has 0 heterocycles. The van der Waals surface area contributed by atoms with Crippen molar-refractivity contribution in [3.63, 3.8) is 0 Å². The Hall–Kier alpha value is -7.53. The number of ether oxygens (including phenoxy) is 2. The molecule has 4 N–H and O–H groups in total. The maximum absolute atomic E-state index is 15.5.